The molecule has 1 atom stereocenters. The topological polar surface area (TPSA) is 69.6 Å². The molecule has 4 nitrogen and oxygen atoms in total. The fourth-order valence-corrected chi connectivity index (χ4v) is 1.10. The molecule has 0 spiro atoms. The van der Waals surface area contributed by atoms with Crippen LogP contribution in [0, 0.1) is 0 Å². The Morgan fingerprint density at radius 3 is 2.43 bits per heavy atom. The van der Waals surface area contributed by atoms with Crippen LogP contribution in [0.3, 0.4) is 0 Å². The molecule has 3 N–H and O–H groups in total. The van der Waals surface area contributed by atoms with Gasteiger partial charge in [-0.25, -0.2) is 4.79 Å². The van der Waals surface area contributed by atoms with Gasteiger partial charge in [0.15, 0.2) is 0 Å². The summed E-state index contributed by atoms with van der Waals surface area (Å²) in [5, 5.41) is 20.6. The van der Waals surface area contributed by atoms with E-state index in [0.29, 0.717) is 12.1 Å². The smallest absolute Gasteiger partial charge is 0.326 e. The van der Waals surface area contributed by atoms with E-state index in [2.05, 4.69) is 5.32 Å². The molecule has 0 amide bonds. The number of hydrogen-bond donors (Lipinski definition) is 3. The zero-order chi connectivity index (χ0) is 10.6. The van der Waals surface area contributed by atoms with E-state index in [9.17, 15) is 4.79 Å². The Labute approximate surface area is 82.2 Å². The van der Waals surface area contributed by atoms with Gasteiger partial charge in [-0.3, -0.25) is 0 Å². The highest BCUT2D eigenvalue weighted by Gasteiger charge is 2.13. The highest BCUT2D eigenvalue weighted by atomic mass is 16.4. The first kappa shape index (κ1) is 10.4. The lowest BCUT2D eigenvalue weighted by molar-refractivity contribution is -0.137. The highest BCUT2D eigenvalue weighted by Crippen LogP contribution is 2.15. The van der Waals surface area contributed by atoms with E-state index in [-0.39, 0.29) is 5.75 Å². The molecule has 0 fully saturated rings. The molecule has 0 radical (unpaired) electrons. The number of carboxylic acid groups (broad SMARTS) is 1. The van der Waals surface area contributed by atoms with E-state index < -0.39 is 12.0 Å². The second-order valence-corrected chi connectivity index (χ2v) is 2.99. The summed E-state index contributed by atoms with van der Waals surface area (Å²) >= 11 is 0. The van der Waals surface area contributed by atoms with E-state index in [1.807, 2.05) is 0 Å². The van der Waals surface area contributed by atoms with Gasteiger partial charge in [0.25, 0.3) is 0 Å². The van der Waals surface area contributed by atoms with Crippen LogP contribution in [0.5, 0.6) is 5.75 Å². The zero-order valence-electron chi connectivity index (χ0n) is 7.90. The summed E-state index contributed by atoms with van der Waals surface area (Å²) in [7, 11) is 0. The number of rotatable bonds is 4. The van der Waals surface area contributed by atoms with E-state index >= 15 is 0 Å². The highest BCUT2D eigenvalue weighted by molar-refractivity contribution is 5.77. The Morgan fingerprint density at radius 1 is 1.43 bits per heavy atom. The lowest BCUT2D eigenvalue weighted by Gasteiger charge is -2.13. The molecule has 0 aliphatic heterocycles. The average Bonchev–Trinajstić information content (AvgIpc) is 2.16. The van der Waals surface area contributed by atoms with Crippen molar-refractivity contribution >= 4 is 11.7 Å². The monoisotopic (exact) mass is 195 g/mol. The number of benzene rings is 1. The predicted octanol–water partition coefficient (Wildman–Crippen LogP) is 1.67. The molecule has 0 saturated carbocycles. The van der Waals surface area contributed by atoms with Crippen molar-refractivity contribution in [2.75, 3.05) is 5.32 Å². The molecule has 1 aromatic carbocycles. The maximum absolute atomic E-state index is 10.7. The third kappa shape index (κ3) is 2.65. The Balaban J connectivity index is 2.67. The minimum Gasteiger partial charge on any atom is -0.508 e. The van der Waals surface area contributed by atoms with Crippen molar-refractivity contribution in [1.82, 2.24) is 0 Å². The maximum atomic E-state index is 10.7. The van der Waals surface area contributed by atoms with Gasteiger partial charge in [-0.05, 0) is 30.7 Å². The van der Waals surface area contributed by atoms with Crippen LogP contribution in [0.4, 0.5) is 5.69 Å². The molecule has 76 valence electrons. The van der Waals surface area contributed by atoms with E-state index in [4.69, 9.17) is 10.2 Å². The van der Waals surface area contributed by atoms with Crippen LogP contribution in [0.1, 0.15) is 13.3 Å². The number of aliphatic carboxylic acids is 1. The van der Waals surface area contributed by atoms with Crippen LogP contribution < -0.4 is 5.32 Å². The number of aromatic hydroxyl groups is 1. The number of carbonyl (C=O) groups is 1. The van der Waals surface area contributed by atoms with Crippen molar-refractivity contribution in [2.24, 2.45) is 0 Å². The van der Waals surface area contributed by atoms with Crippen LogP contribution in [-0.4, -0.2) is 22.2 Å². The number of phenols is 1. The van der Waals surface area contributed by atoms with Gasteiger partial charge in [0, 0.05) is 5.69 Å². The van der Waals surface area contributed by atoms with Crippen molar-refractivity contribution in [1.29, 1.82) is 0 Å². The first-order valence-electron chi connectivity index (χ1n) is 4.42. The summed E-state index contributed by atoms with van der Waals surface area (Å²) in [6.07, 6.45) is 0.510. The second-order valence-electron chi connectivity index (χ2n) is 2.99. The SMILES string of the molecule is CCC(Nc1ccc(O)cc1)C(=O)O. The minimum atomic E-state index is -0.874. The molecule has 0 bridgehead atoms. The molecule has 14 heavy (non-hydrogen) atoms. The third-order valence-corrected chi connectivity index (χ3v) is 1.91. The van der Waals surface area contributed by atoms with Gasteiger partial charge < -0.3 is 15.5 Å². The Morgan fingerprint density at radius 2 is 2.00 bits per heavy atom. The van der Waals surface area contributed by atoms with Crippen molar-refractivity contribution in [3.05, 3.63) is 24.3 Å². The number of anilines is 1. The normalized spacial score (nSPS) is 12.1. The van der Waals surface area contributed by atoms with Gasteiger partial charge >= 0.3 is 5.97 Å². The maximum Gasteiger partial charge on any atom is 0.326 e. The van der Waals surface area contributed by atoms with Crippen molar-refractivity contribution in [3.8, 4) is 5.75 Å². The van der Waals surface area contributed by atoms with Crippen LogP contribution in [0.25, 0.3) is 0 Å². The lowest BCUT2D eigenvalue weighted by atomic mass is 10.2. The van der Waals surface area contributed by atoms with E-state index in [1.165, 1.54) is 12.1 Å². The predicted molar refractivity (Wildman–Crippen MR) is 53.4 cm³/mol. The minimum absolute atomic E-state index is 0.166. The fourth-order valence-electron chi connectivity index (χ4n) is 1.10. The van der Waals surface area contributed by atoms with Gasteiger partial charge in [0.2, 0.25) is 0 Å². The summed E-state index contributed by atoms with van der Waals surface area (Å²) in [6.45, 7) is 1.80. The third-order valence-electron chi connectivity index (χ3n) is 1.91. The van der Waals surface area contributed by atoms with Gasteiger partial charge in [0.05, 0.1) is 0 Å². The number of hydrogen-bond acceptors (Lipinski definition) is 3. The summed E-state index contributed by atoms with van der Waals surface area (Å²) in [5.74, 6) is -0.709. The molecular weight excluding hydrogens is 182 g/mol. The van der Waals surface area contributed by atoms with Crippen molar-refractivity contribution in [2.45, 2.75) is 19.4 Å². The van der Waals surface area contributed by atoms with Gasteiger partial charge in [-0.15, -0.1) is 0 Å². The van der Waals surface area contributed by atoms with Crippen molar-refractivity contribution in [3.63, 3.8) is 0 Å². The van der Waals surface area contributed by atoms with E-state index in [1.54, 1.807) is 19.1 Å². The van der Waals surface area contributed by atoms with Crippen molar-refractivity contribution < 1.29 is 15.0 Å². The molecular formula is C10H13NO3. The van der Waals surface area contributed by atoms with Gasteiger partial charge in [-0.1, -0.05) is 6.92 Å². The summed E-state index contributed by atoms with van der Waals surface area (Å²) in [6, 6.07) is 5.72. The molecule has 4 heteroatoms. The number of phenolic OH excluding ortho intramolecular Hbond substituents is 1. The molecule has 1 unspecified atom stereocenters. The molecule has 0 aliphatic rings. The quantitative estimate of drug-likeness (QED) is 0.639. The largest absolute Gasteiger partial charge is 0.508 e. The van der Waals surface area contributed by atoms with Gasteiger partial charge in [0.1, 0.15) is 11.8 Å². The van der Waals surface area contributed by atoms with Crippen LogP contribution in [0.15, 0.2) is 24.3 Å². The van der Waals surface area contributed by atoms with Crippen LogP contribution >= 0.6 is 0 Å². The Hall–Kier alpha value is -1.71. The van der Waals surface area contributed by atoms with E-state index in [0.717, 1.165) is 0 Å². The van der Waals surface area contributed by atoms with Crippen LogP contribution in [-0.2, 0) is 4.79 Å². The molecule has 0 saturated heterocycles. The van der Waals surface area contributed by atoms with Crippen LogP contribution in [0.2, 0.25) is 0 Å². The molecule has 0 aliphatic carbocycles. The molecule has 1 rings (SSSR count). The summed E-state index contributed by atoms with van der Waals surface area (Å²) in [5.41, 5.74) is 0.692. The second kappa shape index (κ2) is 4.50. The average molecular weight is 195 g/mol. The number of nitrogens with one attached hydrogen (secondary N) is 1. The standard InChI is InChI=1S/C10H13NO3/c1-2-9(10(13)14)11-7-3-5-8(12)6-4-7/h3-6,9,11-12H,2H2,1H3,(H,13,14). The van der Waals surface area contributed by atoms with Gasteiger partial charge in [-0.2, -0.15) is 0 Å². The molecule has 0 aromatic heterocycles. The zero-order valence-corrected chi connectivity index (χ0v) is 7.90. The molecule has 0 heterocycles. The first-order valence-corrected chi connectivity index (χ1v) is 4.42. The summed E-state index contributed by atoms with van der Waals surface area (Å²) in [4.78, 5) is 10.7. The number of carboxylic acids is 1. The Bertz CT molecular complexity index is 308. The fraction of sp³-hybridized carbons (Fsp3) is 0.300. The Kier molecular flexibility index (Phi) is 3.34. The first-order chi connectivity index (χ1) is 6.63. The molecule has 1 aromatic rings. The summed E-state index contributed by atoms with van der Waals surface area (Å²) < 4.78 is 0. The lowest BCUT2D eigenvalue weighted by Crippen LogP contribution is -2.28.